The quantitative estimate of drug-likeness (QED) is 0.788. The zero-order valence-electron chi connectivity index (χ0n) is 12.8. The molecule has 0 unspecified atom stereocenters. The molecule has 1 N–H and O–H groups in total. The van der Waals surface area contributed by atoms with E-state index in [1.54, 1.807) is 11.8 Å². The first-order valence-electron chi connectivity index (χ1n) is 7.11. The van der Waals surface area contributed by atoms with E-state index >= 15 is 0 Å². The van der Waals surface area contributed by atoms with Gasteiger partial charge < -0.3 is 15.0 Å². The Bertz CT molecular complexity index is 462. The van der Waals surface area contributed by atoms with Gasteiger partial charge in [-0.25, -0.2) is 4.79 Å². The van der Waals surface area contributed by atoms with Crippen LogP contribution in [0.1, 0.15) is 40.5 Å². The normalized spacial score (nSPS) is 31.0. The van der Waals surface area contributed by atoms with Crippen LogP contribution in [0.5, 0.6) is 0 Å². The van der Waals surface area contributed by atoms with Crippen LogP contribution in [-0.2, 0) is 9.53 Å². The monoisotopic (exact) mass is 336 g/mol. The smallest absolute Gasteiger partial charge is 0.410 e. The molecule has 2 aliphatic rings. The molecule has 0 spiro atoms. The van der Waals surface area contributed by atoms with E-state index in [9.17, 15) is 9.59 Å². The van der Waals surface area contributed by atoms with Gasteiger partial charge in [0, 0.05) is 19.1 Å². The summed E-state index contributed by atoms with van der Waals surface area (Å²) in [6, 6.07) is -0.0772. The number of rotatable bonds is 2. The molecular weight excluding hydrogens is 315 g/mol. The summed E-state index contributed by atoms with van der Waals surface area (Å²) in [6.07, 6.45) is 0.816. The third-order valence-electron chi connectivity index (χ3n) is 3.93. The van der Waals surface area contributed by atoms with E-state index in [1.807, 2.05) is 20.8 Å². The Labute approximate surface area is 135 Å². The number of carbonyl (C=O) groups excluding carboxylic acids is 2. The van der Waals surface area contributed by atoms with Gasteiger partial charge in [-0.3, -0.25) is 4.79 Å². The van der Waals surface area contributed by atoms with Crippen molar-refractivity contribution in [2.45, 2.75) is 56.5 Å². The van der Waals surface area contributed by atoms with Gasteiger partial charge in [0.25, 0.3) is 0 Å². The molecule has 21 heavy (non-hydrogen) atoms. The van der Waals surface area contributed by atoms with E-state index in [0.29, 0.717) is 25.9 Å². The summed E-state index contributed by atoms with van der Waals surface area (Å²) in [4.78, 5) is 25.8. The van der Waals surface area contributed by atoms with Gasteiger partial charge >= 0.3 is 6.09 Å². The van der Waals surface area contributed by atoms with Crippen molar-refractivity contribution in [3.8, 4) is 0 Å². The number of hydrogen-bond acceptors (Lipinski definition) is 3. The SMILES string of the molecule is CC(C)(C)OC(=O)N1CC[C@H](NC(=O)[C@]2(C)CC2(Cl)Cl)C1. The predicted octanol–water partition coefficient (Wildman–Crippen LogP) is 2.70. The maximum absolute atomic E-state index is 12.2. The van der Waals surface area contributed by atoms with Crippen LogP contribution in [0.2, 0.25) is 0 Å². The molecule has 1 aliphatic carbocycles. The first-order chi connectivity index (χ1) is 9.45. The molecule has 2 fully saturated rings. The van der Waals surface area contributed by atoms with E-state index in [2.05, 4.69) is 5.32 Å². The number of ether oxygens (including phenoxy) is 1. The van der Waals surface area contributed by atoms with Gasteiger partial charge in [0.05, 0.1) is 5.41 Å². The van der Waals surface area contributed by atoms with Gasteiger partial charge in [-0.1, -0.05) is 0 Å². The minimum absolute atomic E-state index is 0.0772. The lowest BCUT2D eigenvalue weighted by atomic mass is 10.1. The highest BCUT2D eigenvalue weighted by Crippen LogP contribution is 2.63. The second kappa shape index (κ2) is 5.20. The molecule has 2 amide bonds. The number of nitrogens with one attached hydrogen (secondary N) is 1. The average Bonchev–Trinajstić information content (AvgIpc) is 2.70. The zero-order valence-corrected chi connectivity index (χ0v) is 14.3. The molecule has 1 saturated carbocycles. The van der Waals surface area contributed by atoms with Crippen LogP contribution in [-0.4, -0.2) is 46.0 Å². The van der Waals surface area contributed by atoms with E-state index in [-0.39, 0.29) is 18.0 Å². The van der Waals surface area contributed by atoms with Gasteiger partial charge in [0.2, 0.25) is 5.91 Å². The Morgan fingerprint density at radius 2 is 1.90 bits per heavy atom. The predicted molar refractivity (Wildman–Crippen MR) is 81.5 cm³/mol. The van der Waals surface area contributed by atoms with Crippen LogP contribution in [0.3, 0.4) is 0 Å². The highest BCUT2D eigenvalue weighted by Gasteiger charge is 2.68. The second-order valence-electron chi connectivity index (χ2n) is 7.10. The molecule has 7 heteroatoms. The summed E-state index contributed by atoms with van der Waals surface area (Å²) in [5.74, 6) is -0.150. The molecule has 2 atom stereocenters. The Kier molecular flexibility index (Phi) is 4.13. The number of likely N-dealkylation sites (tertiary alicyclic amines) is 1. The molecule has 1 heterocycles. The maximum atomic E-state index is 12.2. The van der Waals surface area contributed by atoms with E-state index < -0.39 is 15.3 Å². The third kappa shape index (κ3) is 3.57. The molecule has 120 valence electrons. The summed E-state index contributed by atoms with van der Waals surface area (Å²) in [5, 5.41) is 2.93. The Hall–Kier alpha value is -0.680. The summed E-state index contributed by atoms with van der Waals surface area (Å²) in [5.41, 5.74) is -1.24. The van der Waals surface area contributed by atoms with Crippen molar-refractivity contribution in [3.63, 3.8) is 0 Å². The lowest BCUT2D eigenvalue weighted by Gasteiger charge is -2.24. The molecule has 0 bridgehead atoms. The summed E-state index contributed by atoms with van der Waals surface area (Å²) >= 11 is 12.0. The van der Waals surface area contributed by atoms with E-state index in [1.165, 1.54) is 0 Å². The first-order valence-corrected chi connectivity index (χ1v) is 7.87. The molecule has 1 aliphatic heterocycles. The molecule has 0 aromatic rings. The Morgan fingerprint density at radius 3 is 2.38 bits per heavy atom. The van der Waals surface area contributed by atoms with Gasteiger partial charge in [-0.05, 0) is 40.5 Å². The standard InChI is InChI=1S/C14H22Cl2N2O3/c1-12(2,3)21-11(20)18-6-5-9(7-18)17-10(19)13(4)8-14(13,15)16/h9H,5-8H2,1-4H3,(H,17,19)/t9-,13-/m0/s1. The van der Waals surface area contributed by atoms with Crippen molar-refractivity contribution in [3.05, 3.63) is 0 Å². The van der Waals surface area contributed by atoms with Crippen molar-refractivity contribution in [1.29, 1.82) is 0 Å². The van der Waals surface area contributed by atoms with Gasteiger partial charge in [-0.2, -0.15) is 0 Å². The minimum Gasteiger partial charge on any atom is -0.444 e. The van der Waals surface area contributed by atoms with Crippen molar-refractivity contribution in [2.75, 3.05) is 13.1 Å². The largest absolute Gasteiger partial charge is 0.444 e. The fraction of sp³-hybridized carbons (Fsp3) is 0.857. The molecule has 1 saturated heterocycles. The highest BCUT2D eigenvalue weighted by molar-refractivity contribution is 6.53. The summed E-state index contributed by atoms with van der Waals surface area (Å²) in [6.45, 7) is 8.26. The molecule has 0 radical (unpaired) electrons. The number of hydrogen-bond donors (Lipinski definition) is 1. The first kappa shape index (κ1) is 16.7. The fourth-order valence-electron chi connectivity index (χ4n) is 2.36. The molecule has 5 nitrogen and oxygen atoms in total. The average molecular weight is 337 g/mol. The molecule has 2 rings (SSSR count). The minimum atomic E-state index is -0.972. The highest BCUT2D eigenvalue weighted by atomic mass is 35.5. The number of nitrogens with zero attached hydrogens (tertiary/aromatic N) is 1. The van der Waals surface area contributed by atoms with E-state index in [0.717, 1.165) is 0 Å². The lowest BCUT2D eigenvalue weighted by molar-refractivity contribution is -0.126. The fourth-order valence-corrected chi connectivity index (χ4v) is 3.07. The van der Waals surface area contributed by atoms with Crippen LogP contribution >= 0.6 is 23.2 Å². The molecule has 0 aromatic heterocycles. The Balaban J connectivity index is 1.84. The van der Waals surface area contributed by atoms with Gasteiger partial charge in [0.1, 0.15) is 9.93 Å². The molecular formula is C14H22Cl2N2O3. The topological polar surface area (TPSA) is 58.6 Å². The summed E-state index contributed by atoms with van der Waals surface area (Å²) in [7, 11) is 0. The van der Waals surface area contributed by atoms with E-state index in [4.69, 9.17) is 27.9 Å². The summed E-state index contributed by atoms with van der Waals surface area (Å²) < 4.78 is 4.35. The van der Waals surface area contributed by atoms with Crippen LogP contribution in [0, 0.1) is 5.41 Å². The number of halogens is 2. The second-order valence-corrected chi connectivity index (χ2v) is 8.58. The van der Waals surface area contributed by atoms with Gasteiger partial charge in [-0.15, -0.1) is 23.2 Å². The Morgan fingerprint density at radius 1 is 1.33 bits per heavy atom. The van der Waals surface area contributed by atoms with Crippen LogP contribution in [0.15, 0.2) is 0 Å². The van der Waals surface area contributed by atoms with Gasteiger partial charge in [0.15, 0.2) is 0 Å². The number of carbonyl (C=O) groups is 2. The van der Waals surface area contributed by atoms with Crippen LogP contribution in [0.25, 0.3) is 0 Å². The van der Waals surface area contributed by atoms with Crippen molar-refractivity contribution in [2.24, 2.45) is 5.41 Å². The third-order valence-corrected chi connectivity index (χ3v) is 5.04. The molecule has 0 aromatic carbocycles. The van der Waals surface area contributed by atoms with Crippen LogP contribution in [0.4, 0.5) is 4.79 Å². The number of amides is 2. The maximum Gasteiger partial charge on any atom is 0.410 e. The van der Waals surface area contributed by atoms with Crippen LogP contribution < -0.4 is 5.32 Å². The van der Waals surface area contributed by atoms with Crippen molar-refractivity contribution in [1.82, 2.24) is 10.2 Å². The van der Waals surface area contributed by atoms with Crippen molar-refractivity contribution >= 4 is 35.2 Å². The zero-order chi connectivity index (χ0) is 16.1. The number of alkyl halides is 2. The lowest BCUT2D eigenvalue weighted by Crippen LogP contribution is -2.43. The van der Waals surface area contributed by atoms with Crippen molar-refractivity contribution < 1.29 is 14.3 Å².